The zero-order valence-corrected chi connectivity index (χ0v) is 18.2. The van der Waals surface area contributed by atoms with E-state index in [1.807, 2.05) is 4.90 Å². The minimum Gasteiger partial charge on any atom is -0.493 e. The van der Waals surface area contributed by atoms with Gasteiger partial charge in [-0.1, -0.05) is 0 Å². The average Bonchev–Trinajstić information content (AvgIpc) is 2.74. The van der Waals surface area contributed by atoms with Crippen molar-refractivity contribution >= 4 is 15.7 Å². The number of hydrogen-bond donors (Lipinski definition) is 1. The highest BCUT2D eigenvalue weighted by Gasteiger charge is 2.27. The third-order valence-electron chi connectivity index (χ3n) is 5.25. The molecule has 0 amide bonds. The number of sulfonamides is 1. The van der Waals surface area contributed by atoms with Gasteiger partial charge in [-0.25, -0.2) is 17.9 Å². The van der Waals surface area contributed by atoms with Gasteiger partial charge < -0.3 is 18.9 Å². The Bertz CT molecular complexity index is 1150. The topological polar surface area (TPSA) is 112 Å². The first-order chi connectivity index (χ1) is 14.2. The maximum absolute atomic E-state index is 12.8. The van der Waals surface area contributed by atoms with Gasteiger partial charge in [-0.3, -0.25) is 9.36 Å². The van der Waals surface area contributed by atoms with Gasteiger partial charge in [-0.05, 0) is 25.0 Å². The second-order valence-electron chi connectivity index (χ2n) is 7.17. The van der Waals surface area contributed by atoms with E-state index in [0.717, 1.165) is 4.57 Å². The molecule has 2 aromatic rings. The van der Waals surface area contributed by atoms with Gasteiger partial charge in [-0.2, -0.15) is 0 Å². The van der Waals surface area contributed by atoms with Gasteiger partial charge in [0, 0.05) is 45.5 Å². The first-order valence-corrected chi connectivity index (χ1v) is 10.9. The lowest BCUT2D eigenvalue weighted by atomic mass is 10.1. The lowest BCUT2D eigenvalue weighted by Gasteiger charge is -2.33. The summed E-state index contributed by atoms with van der Waals surface area (Å²) >= 11 is 0. The van der Waals surface area contributed by atoms with Gasteiger partial charge in [-0.15, -0.1) is 0 Å². The number of piperidine rings is 1. The Hall–Kier alpha value is -2.79. The fraction of sp³-hybridized carbons (Fsp3) is 0.474. The Balaban J connectivity index is 1.72. The number of benzene rings is 1. The standard InChI is InChI=1S/C19H26N4O6S/c1-21-12-15(18(24)22(2)19(21)25)23-9-7-13(8-10-23)20-30(26,27)14-5-6-16(28-3)17(11-14)29-4/h5-6,11-13,20H,7-10H2,1-4H3. The lowest BCUT2D eigenvalue weighted by molar-refractivity contribution is 0.353. The van der Waals surface area contributed by atoms with E-state index in [-0.39, 0.29) is 22.2 Å². The largest absolute Gasteiger partial charge is 0.493 e. The number of anilines is 1. The molecule has 0 unspecified atom stereocenters. The number of hydrogen-bond acceptors (Lipinski definition) is 7. The van der Waals surface area contributed by atoms with Gasteiger partial charge in [0.2, 0.25) is 10.0 Å². The van der Waals surface area contributed by atoms with E-state index < -0.39 is 10.0 Å². The molecule has 10 nitrogen and oxygen atoms in total. The van der Waals surface area contributed by atoms with E-state index >= 15 is 0 Å². The lowest BCUT2D eigenvalue weighted by Crippen LogP contribution is -2.47. The number of methoxy groups -OCH3 is 2. The molecule has 0 atom stereocenters. The molecule has 2 heterocycles. The molecule has 0 aliphatic carbocycles. The first-order valence-electron chi connectivity index (χ1n) is 9.44. The van der Waals surface area contributed by atoms with Crippen molar-refractivity contribution in [3.63, 3.8) is 0 Å². The molecule has 0 spiro atoms. The molecular formula is C19H26N4O6S. The van der Waals surface area contributed by atoms with Crippen LogP contribution < -0.4 is 30.3 Å². The summed E-state index contributed by atoms with van der Waals surface area (Å²) < 4.78 is 41.1. The first kappa shape index (κ1) is 21.9. The fourth-order valence-corrected chi connectivity index (χ4v) is 4.84. The molecule has 30 heavy (non-hydrogen) atoms. The molecule has 11 heteroatoms. The van der Waals surface area contributed by atoms with Crippen LogP contribution in [0, 0.1) is 0 Å². The van der Waals surface area contributed by atoms with Gasteiger partial charge in [0.1, 0.15) is 5.69 Å². The fourth-order valence-electron chi connectivity index (χ4n) is 3.52. The van der Waals surface area contributed by atoms with Crippen molar-refractivity contribution in [1.82, 2.24) is 13.9 Å². The van der Waals surface area contributed by atoms with E-state index in [0.29, 0.717) is 43.1 Å². The maximum atomic E-state index is 12.8. The smallest absolute Gasteiger partial charge is 0.330 e. The quantitative estimate of drug-likeness (QED) is 0.678. The monoisotopic (exact) mass is 438 g/mol. The Morgan fingerprint density at radius 3 is 2.27 bits per heavy atom. The summed E-state index contributed by atoms with van der Waals surface area (Å²) in [5.41, 5.74) is -0.315. The summed E-state index contributed by atoms with van der Waals surface area (Å²) in [6, 6.07) is 4.17. The SMILES string of the molecule is COc1ccc(S(=O)(=O)NC2CCN(c3cn(C)c(=O)n(C)c3=O)CC2)cc1OC. The summed E-state index contributed by atoms with van der Waals surface area (Å²) in [5.74, 6) is 0.782. The Morgan fingerprint density at radius 1 is 1.03 bits per heavy atom. The van der Waals surface area contributed by atoms with Crippen LogP contribution in [-0.4, -0.2) is 50.9 Å². The summed E-state index contributed by atoms with van der Waals surface area (Å²) in [6.45, 7) is 0.985. The average molecular weight is 439 g/mol. The number of nitrogens with zero attached hydrogens (tertiary/aromatic N) is 3. The number of nitrogens with one attached hydrogen (secondary N) is 1. The Kier molecular flexibility index (Phi) is 6.22. The zero-order valence-electron chi connectivity index (χ0n) is 17.4. The second kappa shape index (κ2) is 8.52. The van der Waals surface area contributed by atoms with Gasteiger partial charge in [0.05, 0.1) is 19.1 Å². The molecule has 1 saturated heterocycles. The molecule has 3 rings (SSSR count). The van der Waals surface area contributed by atoms with Crippen LogP contribution in [0.2, 0.25) is 0 Å². The number of ether oxygens (including phenoxy) is 2. The van der Waals surface area contributed by atoms with Crippen LogP contribution in [0.3, 0.4) is 0 Å². The van der Waals surface area contributed by atoms with Crippen LogP contribution in [-0.2, 0) is 24.1 Å². The van der Waals surface area contributed by atoms with Crippen molar-refractivity contribution < 1.29 is 17.9 Å². The van der Waals surface area contributed by atoms with Crippen LogP contribution in [0.4, 0.5) is 5.69 Å². The number of rotatable bonds is 6. The highest BCUT2D eigenvalue weighted by atomic mass is 32.2. The van der Waals surface area contributed by atoms with Crippen molar-refractivity contribution in [2.24, 2.45) is 14.1 Å². The van der Waals surface area contributed by atoms with Crippen LogP contribution in [0.25, 0.3) is 0 Å². The summed E-state index contributed by atoms with van der Waals surface area (Å²) in [7, 11) is 2.22. The Labute approximate surface area is 174 Å². The van der Waals surface area contributed by atoms with Crippen molar-refractivity contribution in [2.75, 3.05) is 32.2 Å². The van der Waals surface area contributed by atoms with E-state index in [1.54, 1.807) is 13.1 Å². The van der Waals surface area contributed by atoms with E-state index in [2.05, 4.69) is 4.72 Å². The normalized spacial score (nSPS) is 15.3. The van der Waals surface area contributed by atoms with Gasteiger partial charge in [0.15, 0.2) is 11.5 Å². The summed E-state index contributed by atoms with van der Waals surface area (Å²) in [4.78, 5) is 26.3. The van der Waals surface area contributed by atoms with E-state index in [9.17, 15) is 18.0 Å². The molecule has 1 N–H and O–H groups in total. The molecule has 0 saturated carbocycles. The molecule has 1 aliphatic rings. The second-order valence-corrected chi connectivity index (χ2v) is 8.89. The minimum absolute atomic E-state index is 0.0921. The Morgan fingerprint density at radius 2 is 1.67 bits per heavy atom. The zero-order chi connectivity index (χ0) is 22.1. The minimum atomic E-state index is -3.74. The molecule has 1 fully saturated rings. The van der Waals surface area contributed by atoms with Crippen molar-refractivity contribution in [3.8, 4) is 11.5 Å². The van der Waals surface area contributed by atoms with Crippen LogP contribution in [0.15, 0.2) is 38.9 Å². The van der Waals surface area contributed by atoms with Crippen LogP contribution in [0.5, 0.6) is 11.5 Å². The molecule has 1 aromatic carbocycles. The number of aromatic nitrogens is 2. The molecule has 164 valence electrons. The van der Waals surface area contributed by atoms with E-state index in [4.69, 9.17) is 9.47 Å². The highest BCUT2D eigenvalue weighted by Crippen LogP contribution is 2.29. The number of aryl methyl sites for hydroxylation is 1. The summed E-state index contributed by atoms with van der Waals surface area (Å²) in [6.07, 6.45) is 2.58. The van der Waals surface area contributed by atoms with Crippen molar-refractivity contribution in [3.05, 3.63) is 45.2 Å². The molecule has 1 aromatic heterocycles. The molecule has 0 radical (unpaired) electrons. The van der Waals surface area contributed by atoms with E-state index in [1.165, 1.54) is 44.2 Å². The van der Waals surface area contributed by atoms with Gasteiger partial charge in [0.25, 0.3) is 5.56 Å². The molecular weight excluding hydrogens is 412 g/mol. The molecule has 0 bridgehead atoms. The predicted octanol–water partition coefficient (Wildman–Crippen LogP) is 0.0485. The van der Waals surface area contributed by atoms with Crippen molar-refractivity contribution in [1.29, 1.82) is 0 Å². The highest BCUT2D eigenvalue weighted by molar-refractivity contribution is 7.89. The summed E-state index contributed by atoms with van der Waals surface area (Å²) in [5, 5.41) is 0. The third kappa shape index (κ3) is 4.21. The van der Waals surface area contributed by atoms with Crippen molar-refractivity contribution in [2.45, 2.75) is 23.8 Å². The van der Waals surface area contributed by atoms with Gasteiger partial charge >= 0.3 is 5.69 Å². The van der Waals surface area contributed by atoms with Crippen LogP contribution >= 0.6 is 0 Å². The predicted molar refractivity (Wildman–Crippen MR) is 112 cm³/mol. The van der Waals surface area contributed by atoms with Crippen LogP contribution in [0.1, 0.15) is 12.8 Å². The third-order valence-corrected chi connectivity index (χ3v) is 6.77. The molecule has 1 aliphatic heterocycles. The maximum Gasteiger partial charge on any atom is 0.330 e.